The van der Waals surface area contributed by atoms with E-state index in [2.05, 4.69) is 89.0 Å². The number of hydrogen-bond donors (Lipinski definition) is 0. The SMILES string of the molecule is C=Cc1cc(C2CC2(Br)Br)c(C=C)cc1C1CC1(Br)Br. The van der Waals surface area contributed by atoms with Crippen LogP contribution in [0.2, 0.25) is 0 Å². The van der Waals surface area contributed by atoms with E-state index >= 15 is 0 Å². The van der Waals surface area contributed by atoms with E-state index < -0.39 is 0 Å². The standard InChI is InChI=1S/C16H14Br4/c1-3-9-5-12(14-8-16(14,19)20)10(4-2)6-11(9)13-7-15(13,17)18/h3-6,13-14H,1-2,7-8H2. The van der Waals surface area contributed by atoms with Gasteiger partial charge in [-0.15, -0.1) is 0 Å². The van der Waals surface area contributed by atoms with Gasteiger partial charge in [0.1, 0.15) is 0 Å². The van der Waals surface area contributed by atoms with Gasteiger partial charge in [0, 0.05) is 11.8 Å². The van der Waals surface area contributed by atoms with Gasteiger partial charge in [0.15, 0.2) is 0 Å². The van der Waals surface area contributed by atoms with Crippen molar-refractivity contribution in [2.75, 3.05) is 0 Å². The van der Waals surface area contributed by atoms with Gasteiger partial charge in [0.2, 0.25) is 0 Å². The molecule has 0 N–H and O–H groups in total. The van der Waals surface area contributed by atoms with Gasteiger partial charge < -0.3 is 0 Å². The summed E-state index contributed by atoms with van der Waals surface area (Å²) in [4.78, 5) is 0. The normalized spacial score (nSPS) is 28.8. The fraction of sp³-hybridized carbons (Fsp3) is 0.375. The summed E-state index contributed by atoms with van der Waals surface area (Å²) >= 11 is 14.9. The third-order valence-electron chi connectivity index (χ3n) is 4.13. The van der Waals surface area contributed by atoms with Crippen molar-refractivity contribution in [1.29, 1.82) is 0 Å². The Labute approximate surface area is 153 Å². The highest BCUT2D eigenvalue weighted by molar-refractivity contribution is 9.26. The summed E-state index contributed by atoms with van der Waals surface area (Å²) in [6, 6.07) is 4.56. The van der Waals surface area contributed by atoms with Gasteiger partial charge in [-0.05, 0) is 35.1 Å². The zero-order valence-corrected chi connectivity index (χ0v) is 17.1. The van der Waals surface area contributed by atoms with Crippen LogP contribution in [0.1, 0.15) is 46.9 Å². The molecule has 2 atom stereocenters. The molecule has 0 bridgehead atoms. The molecule has 1 aromatic carbocycles. The van der Waals surface area contributed by atoms with Crippen molar-refractivity contribution in [2.24, 2.45) is 0 Å². The van der Waals surface area contributed by atoms with Crippen molar-refractivity contribution >= 4 is 75.9 Å². The summed E-state index contributed by atoms with van der Waals surface area (Å²) in [7, 11) is 0. The summed E-state index contributed by atoms with van der Waals surface area (Å²) in [5.74, 6) is 1.00. The maximum atomic E-state index is 3.98. The number of benzene rings is 1. The first-order valence-electron chi connectivity index (χ1n) is 6.48. The Hall–Kier alpha value is 0.620. The Morgan fingerprint density at radius 3 is 1.35 bits per heavy atom. The second-order valence-corrected chi connectivity index (χ2v) is 13.3. The molecule has 0 aliphatic heterocycles. The van der Waals surface area contributed by atoms with Gasteiger partial charge in [-0.25, -0.2) is 0 Å². The van der Waals surface area contributed by atoms with Crippen LogP contribution in [0.3, 0.4) is 0 Å². The number of hydrogen-bond acceptors (Lipinski definition) is 0. The molecule has 0 amide bonds. The number of halogens is 4. The molecular formula is C16H14Br4. The first-order valence-corrected chi connectivity index (χ1v) is 9.65. The summed E-state index contributed by atoms with van der Waals surface area (Å²) in [5, 5.41) is 0. The lowest BCUT2D eigenvalue weighted by Gasteiger charge is -2.14. The smallest absolute Gasteiger partial charge is 0.0881 e. The van der Waals surface area contributed by atoms with Crippen molar-refractivity contribution in [2.45, 2.75) is 31.1 Å². The lowest BCUT2D eigenvalue weighted by Crippen LogP contribution is -1.99. The lowest BCUT2D eigenvalue weighted by molar-refractivity contribution is 1.07. The van der Waals surface area contributed by atoms with Crippen LogP contribution in [0.15, 0.2) is 25.3 Å². The van der Waals surface area contributed by atoms with Crippen LogP contribution in [0.4, 0.5) is 0 Å². The molecule has 2 fully saturated rings. The summed E-state index contributed by atoms with van der Waals surface area (Å²) in [5.41, 5.74) is 5.17. The minimum Gasteiger partial charge on any atom is -0.0985 e. The molecule has 3 rings (SSSR count). The van der Waals surface area contributed by atoms with Gasteiger partial charge in [-0.3, -0.25) is 0 Å². The van der Waals surface area contributed by atoms with E-state index in [0.717, 1.165) is 12.8 Å². The number of alkyl halides is 4. The van der Waals surface area contributed by atoms with E-state index in [-0.39, 0.29) is 6.47 Å². The summed E-state index contributed by atoms with van der Waals surface area (Å²) < 4.78 is 0.123. The molecule has 0 heterocycles. The first kappa shape index (κ1) is 15.5. The fourth-order valence-electron chi connectivity index (χ4n) is 2.73. The minimum absolute atomic E-state index is 0.0614. The highest BCUT2D eigenvalue weighted by Crippen LogP contribution is 2.65. The molecule has 0 radical (unpaired) electrons. The van der Waals surface area contributed by atoms with E-state index in [4.69, 9.17) is 0 Å². The summed E-state index contributed by atoms with van der Waals surface area (Å²) in [6.45, 7) is 7.96. The first-order chi connectivity index (χ1) is 9.30. The molecule has 0 nitrogen and oxygen atoms in total. The van der Waals surface area contributed by atoms with Crippen molar-refractivity contribution in [3.63, 3.8) is 0 Å². The van der Waals surface area contributed by atoms with E-state index in [1.165, 1.54) is 22.3 Å². The second kappa shape index (κ2) is 5.07. The maximum Gasteiger partial charge on any atom is 0.0881 e. The molecule has 0 spiro atoms. The molecule has 4 heteroatoms. The quantitative estimate of drug-likeness (QED) is 0.374. The second-order valence-electron chi connectivity index (χ2n) is 5.55. The van der Waals surface area contributed by atoms with E-state index in [1.54, 1.807) is 0 Å². The lowest BCUT2D eigenvalue weighted by atomic mass is 9.93. The Balaban J connectivity index is 2.06. The van der Waals surface area contributed by atoms with Crippen LogP contribution in [-0.4, -0.2) is 6.47 Å². The van der Waals surface area contributed by atoms with Gasteiger partial charge in [0.25, 0.3) is 0 Å². The van der Waals surface area contributed by atoms with Crippen LogP contribution >= 0.6 is 63.7 Å². The molecule has 2 aliphatic carbocycles. The third-order valence-corrected chi connectivity index (χ3v) is 7.64. The van der Waals surface area contributed by atoms with Crippen LogP contribution in [0.5, 0.6) is 0 Å². The zero-order chi connectivity index (χ0) is 14.7. The van der Waals surface area contributed by atoms with Gasteiger partial charge in [-0.1, -0.05) is 101 Å². The zero-order valence-electron chi connectivity index (χ0n) is 10.8. The summed E-state index contributed by atoms with van der Waals surface area (Å²) in [6.07, 6.45) is 6.14. The highest BCUT2D eigenvalue weighted by Gasteiger charge is 2.54. The topological polar surface area (TPSA) is 0 Å². The fourth-order valence-corrected chi connectivity index (χ4v) is 5.01. The van der Waals surface area contributed by atoms with Gasteiger partial charge in [-0.2, -0.15) is 0 Å². The monoisotopic (exact) mass is 522 g/mol. The molecule has 0 aromatic heterocycles. The maximum absolute atomic E-state index is 3.98. The van der Waals surface area contributed by atoms with Crippen molar-refractivity contribution in [3.05, 3.63) is 47.5 Å². The molecule has 106 valence electrons. The largest absolute Gasteiger partial charge is 0.0985 e. The molecule has 1 aromatic rings. The third kappa shape index (κ3) is 2.66. The van der Waals surface area contributed by atoms with Crippen molar-refractivity contribution in [3.8, 4) is 0 Å². The Bertz CT molecular complexity index is 547. The van der Waals surface area contributed by atoms with E-state index in [1.807, 2.05) is 12.2 Å². The number of rotatable bonds is 4. The molecule has 0 saturated heterocycles. The Kier molecular flexibility index (Phi) is 3.93. The predicted octanol–water partition coefficient (Wildman–Crippen LogP) is 6.92. The van der Waals surface area contributed by atoms with Gasteiger partial charge >= 0.3 is 0 Å². The average molecular weight is 526 g/mol. The minimum atomic E-state index is 0.0614. The average Bonchev–Trinajstić information content (AvgIpc) is 3.23. The van der Waals surface area contributed by atoms with Crippen molar-refractivity contribution in [1.82, 2.24) is 0 Å². The van der Waals surface area contributed by atoms with Crippen LogP contribution in [0, 0.1) is 0 Å². The van der Waals surface area contributed by atoms with Crippen LogP contribution in [0.25, 0.3) is 12.2 Å². The van der Waals surface area contributed by atoms with E-state index in [0.29, 0.717) is 11.8 Å². The van der Waals surface area contributed by atoms with Gasteiger partial charge in [0.05, 0.1) is 6.47 Å². The Morgan fingerprint density at radius 1 is 0.850 bits per heavy atom. The van der Waals surface area contributed by atoms with Crippen molar-refractivity contribution < 1.29 is 0 Å². The molecule has 20 heavy (non-hydrogen) atoms. The van der Waals surface area contributed by atoms with Crippen LogP contribution < -0.4 is 0 Å². The molecular weight excluding hydrogens is 512 g/mol. The predicted molar refractivity (Wildman–Crippen MR) is 103 cm³/mol. The molecule has 2 aliphatic rings. The highest BCUT2D eigenvalue weighted by atomic mass is 79.9. The molecule has 2 unspecified atom stereocenters. The van der Waals surface area contributed by atoms with Crippen LogP contribution in [-0.2, 0) is 0 Å². The molecule has 2 saturated carbocycles. The van der Waals surface area contributed by atoms with E-state index in [9.17, 15) is 0 Å². The Morgan fingerprint density at radius 2 is 1.15 bits per heavy atom.